The normalized spacial score (nSPS) is 12.6. The van der Waals surface area contributed by atoms with Gasteiger partial charge in [0, 0.05) is 35.0 Å². The van der Waals surface area contributed by atoms with Crippen LogP contribution in [0.25, 0.3) is 0 Å². The highest BCUT2D eigenvalue weighted by Gasteiger charge is 2.07. The summed E-state index contributed by atoms with van der Waals surface area (Å²) in [7, 11) is 0. The third kappa shape index (κ3) is 3.55. The molecule has 2 rings (SSSR count). The first-order chi connectivity index (χ1) is 8.69. The number of hydrogen-bond acceptors (Lipinski definition) is 2. The second-order valence-corrected chi connectivity index (χ2v) is 5.72. The summed E-state index contributed by atoms with van der Waals surface area (Å²) in [4.78, 5) is 4.40. The van der Waals surface area contributed by atoms with Gasteiger partial charge >= 0.3 is 0 Å². The Kier molecular flexibility index (Phi) is 4.77. The zero-order valence-electron chi connectivity index (χ0n) is 10.5. The van der Waals surface area contributed by atoms with Crippen LogP contribution < -0.4 is 5.73 Å². The Morgan fingerprint density at radius 2 is 2.06 bits per heavy atom. The van der Waals surface area contributed by atoms with E-state index in [0.717, 1.165) is 25.2 Å². The molecule has 0 saturated heterocycles. The SMILES string of the molecule is CCC(N)Cc1nccn1Cc1ccc(I)cc1. The van der Waals surface area contributed by atoms with E-state index in [1.807, 2.05) is 12.4 Å². The number of benzene rings is 1. The number of hydrogen-bond donors (Lipinski definition) is 1. The molecule has 1 aromatic heterocycles. The van der Waals surface area contributed by atoms with Gasteiger partial charge in [-0.2, -0.15) is 0 Å². The van der Waals surface area contributed by atoms with Crippen LogP contribution in [0.1, 0.15) is 24.7 Å². The van der Waals surface area contributed by atoms with E-state index < -0.39 is 0 Å². The van der Waals surface area contributed by atoms with E-state index in [-0.39, 0.29) is 6.04 Å². The Labute approximate surface area is 122 Å². The van der Waals surface area contributed by atoms with Gasteiger partial charge in [0.25, 0.3) is 0 Å². The van der Waals surface area contributed by atoms with Crippen molar-refractivity contribution in [2.75, 3.05) is 0 Å². The predicted octanol–water partition coefficient (Wildman–Crippen LogP) is 2.82. The van der Waals surface area contributed by atoms with Crippen molar-refractivity contribution in [3.8, 4) is 0 Å². The van der Waals surface area contributed by atoms with Crippen molar-refractivity contribution in [2.45, 2.75) is 32.4 Å². The minimum Gasteiger partial charge on any atom is -0.330 e. The minimum absolute atomic E-state index is 0.197. The second kappa shape index (κ2) is 6.33. The molecule has 1 unspecified atom stereocenters. The number of imidazole rings is 1. The van der Waals surface area contributed by atoms with Crippen molar-refractivity contribution in [3.05, 3.63) is 51.6 Å². The van der Waals surface area contributed by atoms with Gasteiger partial charge in [-0.05, 0) is 46.7 Å². The quantitative estimate of drug-likeness (QED) is 0.839. The van der Waals surface area contributed by atoms with Gasteiger partial charge in [0.1, 0.15) is 5.82 Å². The van der Waals surface area contributed by atoms with E-state index in [1.54, 1.807) is 0 Å². The highest BCUT2D eigenvalue weighted by atomic mass is 127. The molecule has 96 valence electrons. The zero-order chi connectivity index (χ0) is 13.0. The Morgan fingerprint density at radius 3 is 2.72 bits per heavy atom. The maximum absolute atomic E-state index is 5.99. The van der Waals surface area contributed by atoms with E-state index in [2.05, 4.69) is 63.3 Å². The summed E-state index contributed by atoms with van der Waals surface area (Å²) in [6, 6.07) is 8.77. The summed E-state index contributed by atoms with van der Waals surface area (Å²) < 4.78 is 3.44. The van der Waals surface area contributed by atoms with E-state index in [4.69, 9.17) is 5.73 Å². The fourth-order valence-electron chi connectivity index (χ4n) is 1.84. The molecule has 0 fully saturated rings. The molecule has 3 nitrogen and oxygen atoms in total. The van der Waals surface area contributed by atoms with Gasteiger partial charge in [-0.15, -0.1) is 0 Å². The molecule has 2 aromatic rings. The van der Waals surface area contributed by atoms with Gasteiger partial charge in [0.05, 0.1) is 0 Å². The van der Waals surface area contributed by atoms with Crippen LogP contribution in [0.15, 0.2) is 36.7 Å². The lowest BCUT2D eigenvalue weighted by molar-refractivity contribution is 0.597. The predicted molar refractivity (Wildman–Crippen MR) is 82.5 cm³/mol. The molecule has 18 heavy (non-hydrogen) atoms. The summed E-state index contributed by atoms with van der Waals surface area (Å²) in [5.41, 5.74) is 7.28. The topological polar surface area (TPSA) is 43.8 Å². The van der Waals surface area contributed by atoms with Crippen LogP contribution in [0.5, 0.6) is 0 Å². The number of nitrogens with zero attached hydrogens (tertiary/aromatic N) is 2. The molecule has 0 bridgehead atoms. The molecule has 4 heteroatoms. The Balaban J connectivity index is 2.09. The largest absolute Gasteiger partial charge is 0.330 e. The van der Waals surface area contributed by atoms with Crippen LogP contribution in [-0.4, -0.2) is 15.6 Å². The van der Waals surface area contributed by atoms with Gasteiger partial charge in [-0.1, -0.05) is 19.1 Å². The maximum atomic E-state index is 5.99. The monoisotopic (exact) mass is 355 g/mol. The third-order valence-corrected chi connectivity index (χ3v) is 3.76. The van der Waals surface area contributed by atoms with Crippen molar-refractivity contribution in [1.82, 2.24) is 9.55 Å². The number of nitrogens with two attached hydrogens (primary N) is 1. The van der Waals surface area contributed by atoms with Crippen LogP contribution in [0.4, 0.5) is 0 Å². The van der Waals surface area contributed by atoms with Gasteiger partial charge in [0.15, 0.2) is 0 Å². The lowest BCUT2D eigenvalue weighted by Crippen LogP contribution is -2.23. The van der Waals surface area contributed by atoms with Crippen molar-refractivity contribution < 1.29 is 0 Å². The number of rotatable bonds is 5. The first-order valence-corrected chi connectivity index (χ1v) is 7.27. The molecule has 1 aromatic carbocycles. The first kappa shape index (κ1) is 13.5. The van der Waals surface area contributed by atoms with Crippen LogP contribution >= 0.6 is 22.6 Å². The van der Waals surface area contributed by atoms with E-state index in [9.17, 15) is 0 Å². The molecule has 0 aliphatic heterocycles. The van der Waals surface area contributed by atoms with Gasteiger partial charge in [-0.3, -0.25) is 0 Å². The molecule has 0 aliphatic carbocycles. The third-order valence-electron chi connectivity index (χ3n) is 3.04. The molecule has 0 aliphatic rings. The smallest absolute Gasteiger partial charge is 0.110 e. The Hall–Kier alpha value is -0.880. The van der Waals surface area contributed by atoms with Crippen molar-refractivity contribution >= 4 is 22.6 Å². The molecule has 0 amide bonds. The average molecular weight is 355 g/mol. The van der Waals surface area contributed by atoms with E-state index in [0.29, 0.717) is 0 Å². The molecule has 1 heterocycles. The molecule has 0 radical (unpaired) electrons. The van der Waals surface area contributed by atoms with Crippen LogP contribution in [0.2, 0.25) is 0 Å². The summed E-state index contributed by atoms with van der Waals surface area (Å²) in [6.07, 6.45) is 5.70. The van der Waals surface area contributed by atoms with Gasteiger partial charge in [0.2, 0.25) is 0 Å². The van der Waals surface area contributed by atoms with Crippen molar-refractivity contribution in [2.24, 2.45) is 5.73 Å². The van der Waals surface area contributed by atoms with Gasteiger partial charge in [-0.25, -0.2) is 4.98 Å². The molecule has 0 saturated carbocycles. The van der Waals surface area contributed by atoms with E-state index >= 15 is 0 Å². The Bertz CT molecular complexity index is 490. The lowest BCUT2D eigenvalue weighted by atomic mass is 10.1. The van der Waals surface area contributed by atoms with Crippen LogP contribution in [0, 0.1) is 3.57 Å². The summed E-state index contributed by atoms with van der Waals surface area (Å²) in [5.74, 6) is 1.07. The highest BCUT2D eigenvalue weighted by Crippen LogP contribution is 2.10. The molecule has 0 spiro atoms. The van der Waals surface area contributed by atoms with Crippen molar-refractivity contribution in [1.29, 1.82) is 0 Å². The second-order valence-electron chi connectivity index (χ2n) is 4.47. The fraction of sp³-hybridized carbons (Fsp3) is 0.357. The maximum Gasteiger partial charge on any atom is 0.110 e. The molecule has 1 atom stereocenters. The zero-order valence-corrected chi connectivity index (χ0v) is 12.7. The molecular formula is C14H18IN3. The standard InChI is InChI=1S/C14H18IN3/c1-2-13(16)9-14-17-7-8-18(14)10-11-3-5-12(15)6-4-11/h3-8,13H,2,9-10,16H2,1H3. The fourth-order valence-corrected chi connectivity index (χ4v) is 2.20. The van der Waals surface area contributed by atoms with Crippen molar-refractivity contribution in [3.63, 3.8) is 0 Å². The van der Waals surface area contributed by atoms with E-state index in [1.165, 1.54) is 9.13 Å². The lowest BCUT2D eigenvalue weighted by Gasteiger charge is -2.11. The van der Waals surface area contributed by atoms with Gasteiger partial charge < -0.3 is 10.3 Å². The average Bonchev–Trinajstić information content (AvgIpc) is 2.79. The highest BCUT2D eigenvalue weighted by molar-refractivity contribution is 14.1. The Morgan fingerprint density at radius 1 is 1.33 bits per heavy atom. The summed E-state index contributed by atoms with van der Waals surface area (Å²) in [5, 5.41) is 0. The first-order valence-electron chi connectivity index (χ1n) is 6.19. The van der Waals surface area contributed by atoms with Crippen LogP contribution in [0.3, 0.4) is 0 Å². The minimum atomic E-state index is 0.197. The summed E-state index contributed by atoms with van der Waals surface area (Å²) >= 11 is 2.32. The number of aromatic nitrogens is 2. The molecule has 2 N–H and O–H groups in total. The van der Waals surface area contributed by atoms with Crippen LogP contribution in [-0.2, 0) is 13.0 Å². The molecular weight excluding hydrogens is 337 g/mol. The summed E-state index contributed by atoms with van der Waals surface area (Å²) in [6.45, 7) is 2.97. The number of halogens is 1.